The Hall–Kier alpha value is -3.00. The Labute approximate surface area is 160 Å². The van der Waals surface area contributed by atoms with Crippen molar-refractivity contribution in [2.45, 2.75) is 13.8 Å². The van der Waals surface area contributed by atoms with E-state index in [-0.39, 0.29) is 21.8 Å². The lowest BCUT2D eigenvalue weighted by molar-refractivity contribution is 0.0558. The van der Waals surface area contributed by atoms with Crippen LogP contribution in [0.1, 0.15) is 42.9 Å². The number of methoxy groups -OCH3 is 3. The number of carbonyl (C=O) groups excluding carboxylic acids is 3. The summed E-state index contributed by atoms with van der Waals surface area (Å²) in [5.74, 6) is -1.04. The van der Waals surface area contributed by atoms with Gasteiger partial charge in [-0.3, -0.25) is 4.79 Å². The molecule has 0 fully saturated rings. The topological polar surface area (TPSA) is 91.3 Å². The van der Waals surface area contributed by atoms with E-state index in [1.54, 1.807) is 38.3 Å². The Morgan fingerprint density at radius 2 is 1.52 bits per heavy atom. The molecule has 2 rings (SSSR count). The van der Waals surface area contributed by atoms with Gasteiger partial charge in [-0.15, -0.1) is 11.3 Å². The van der Waals surface area contributed by atoms with Crippen LogP contribution in [0, 0.1) is 6.92 Å². The van der Waals surface area contributed by atoms with Crippen LogP contribution < -0.4 is 9.41 Å². The van der Waals surface area contributed by atoms with Gasteiger partial charge in [0.15, 0.2) is 5.78 Å². The van der Waals surface area contributed by atoms with Crippen molar-refractivity contribution in [3.8, 4) is 5.75 Å². The Balaban J connectivity index is 2.84. The highest BCUT2D eigenvalue weighted by atomic mass is 32.1. The summed E-state index contributed by atoms with van der Waals surface area (Å²) in [6.45, 7) is 2.95. The molecule has 0 aliphatic rings. The fraction of sp³-hybridized carbons (Fsp3) is 0.263. The van der Waals surface area contributed by atoms with Crippen molar-refractivity contribution in [1.82, 2.24) is 0 Å². The van der Waals surface area contributed by atoms with E-state index in [0.29, 0.717) is 21.7 Å². The molecule has 0 saturated carbocycles. The van der Waals surface area contributed by atoms with Crippen LogP contribution in [0.3, 0.4) is 0 Å². The van der Waals surface area contributed by atoms with Crippen molar-refractivity contribution in [3.63, 3.8) is 0 Å². The van der Waals surface area contributed by atoms with Crippen LogP contribution in [-0.2, 0) is 9.47 Å². The van der Waals surface area contributed by atoms with Crippen LogP contribution in [-0.4, -0.2) is 39.1 Å². The number of nitrogens with zero attached hydrogens (tertiary/aromatic N) is 1. The molecular formula is C19H19NO6S. The number of benzene rings is 1. The number of ketones is 1. The zero-order valence-corrected chi connectivity index (χ0v) is 16.4. The van der Waals surface area contributed by atoms with E-state index in [9.17, 15) is 14.4 Å². The van der Waals surface area contributed by atoms with Crippen LogP contribution >= 0.6 is 11.3 Å². The van der Waals surface area contributed by atoms with Gasteiger partial charge in [0.25, 0.3) is 0 Å². The maximum atomic E-state index is 12.2. The predicted octanol–water partition coefficient (Wildman–Crippen LogP) is 3.07. The summed E-state index contributed by atoms with van der Waals surface area (Å²) in [7, 11) is 3.97. The summed E-state index contributed by atoms with van der Waals surface area (Å²) in [5.41, 5.74) is 1.15. The Morgan fingerprint density at radius 1 is 0.926 bits per heavy atom. The van der Waals surface area contributed by atoms with Gasteiger partial charge in [0.2, 0.25) is 0 Å². The van der Waals surface area contributed by atoms with E-state index in [1.165, 1.54) is 21.1 Å². The molecule has 7 nitrogen and oxygen atoms in total. The fourth-order valence-electron chi connectivity index (χ4n) is 2.51. The molecule has 0 bridgehead atoms. The summed E-state index contributed by atoms with van der Waals surface area (Å²) < 4.78 is 15.0. The van der Waals surface area contributed by atoms with E-state index in [1.807, 2.05) is 0 Å². The molecule has 0 aliphatic heterocycles. The highest BCUT2D eigenvalue weighted by molar-refractivity contribution is 7.11. The highest BCUT2D eigenvalue weighted by Gasteiger charge is 2.26. The van der Waals surface area contributed by atoms with Crippen LogP contribution in [0.25, 0.3) is 0 Å². The molecule has 0 radical (unpaired) electrons. The normalized spacial score (nSPS) is 11.1. The molecule has 2 aromatic rings. The van der Waals surface area contributed by atoms with E-state index >= 15 is 0 Å². The molecule has 0 aliphatic carbocycles. The summed E-state index contributed by atoms with van der Waals surface area (Å²) in [6.07, 6.45) is 0. The third-order valence-corrected chi connectivity index (χ3v) is 4.87. The number of hydrogen-bond acceptors (Lipinski definition) is 8. The lowest BCUT2D eigenvalue weighted by atomic mass is 10.0. The molecule has 142 valence electrons. The Kier molecular flexibility index (Phi) is 6.46. The smallest absolute Gasteiger partial charge is 0.349 e. The van der Waals surface area contributed by atoms with Crippen molar-refractivity contribution in [3.05, 3.63) is 50.5 Å². The van der Waals surface area contributed by atoms with Gasteiger partial charge in [-0.1, -0.05) is 0 Å². The maximum absolute atomic E-state index is 12.2. The van der Waals surface area contributed by atoms with Gasteiger partial charge in [0, 0.05) is 0 Å². The number of carbonyl (C=O) groups is 3. The second kappa shape index (κ2) is 8.59. The first-order valence-electron chi connectivity index (χ1n) is 7.88. The highest BCUT2D eigenvalue weighted by Crippen LogP contribution is 2.23. The quantitative estimate of drug-likeness (QED) is 0.576. The minimum atomic E-state index is -0.720. The number of ether oxygens (including phenoxy) is 3. The predicted molar refractivity (Wildman–Crippen MR) is 100.0 cm³/mol. The molecule has 0 amide bonds. The van der Waals surface area contributed by atoms with Gasteiger partial charge >= 0.3 is 11.9 Å². The molecule has 0 unspecified atom stereocenters. The first-order valence-corrected chi connectivity index (χ1v) is 8.69. The standard InChI is InChI=1S/C19H19NO6S/c1-10-14(11(2)21)17(20-12-6-8-13(24-3)9-7-12)27-16(19(23)26-5)15(10)18(22)25-4/h6-9H,1-5H3. The number of hydrogen-bond donors (Lipinski definition) is 0. The van der Waals surface area contributed by atoms with Gasteiger partial charge in [0.1, 0.15) is 15.3 Å². The fourth-order valence-corrected chi connectivity index (χ4v) is 3.75. The summed E-state index contributed by atoms with van der Waals surface area (Å²) >= 11 is 0.905. The molecular weight excluding hydrogens is 370 g/mol. The second-order valence-electron chi connectivity index (χ2n) is 5.46. The second-order valence-corrected chi connectivity index (χ2v) is 6.46. The molecule has 8 heteroatoms. The Bertz CT molecular complexity index is 959. The summed E-state index contributed by atoms with van der Waals surface area (Å²) in [6, 6.07) is 6.90. The Morgan fingerprint density at radius 3 is 2.00 bits per heavy atom. The summed E-state index contributed by atoms with van der Waals surface area (Å²) in [4.78, 5) is 41.2. The lowest BCUT2D eigenvalue weighted by Crippen LogP contribution is -2.22. The van der Waals surface area contributed by atoms with Crippen LogP contribution in [0.5, 0.6) is 5.75 Å². The lowest BCUT2D eigenvalue weighted by Gasteiger charge is -2.12. The van der Waals surface area contributed by atoms with Crippen molar-refractivity contribution in [2.24, 2.45) is 4.99 Å². The zero-order valence-electron chi connectivity index (χ0n) is 15.6. The molecule has 0 atom stereocenters. The van der Waals surface area contributed by atoms with Gasteiger partial charge < -0.3 is 14.2 Å². The minimum Gasteiger partial charge on any atom is -0.497 e. The van der Waals surface area contributed by atoms with Gasteiger partial charge in [-0.2, -0.15) is 0 Å². The first kappa shape index (κ1) is 20.3. The van der Waals surface area contributed by atoms with Crippen molar-refractivity contribution in [1.29, 1.82) is 0 Å². The van der Waals surface area contributed by atoms with Gasteiger partial charge in [-0.25, -0.2) is 14.6 Å². The third kappa shape index (κ3) is 4.22. The molecule has 0 saturated heterocycles. The van der Waals surface area contributed by atoms with Crippen molar-refractivity contribution < 1.29 is 28.6 Å². The van der Waals surface area contributed by atoms with Crippen molar-refractivity contribution in [2.75, 3.05) is 21.3 Å². The molecule has 1 aromatic heterocycles. The van der Waals surface area contributed by atoms with Gasteiger partial charge in [-0.05, 0) is 43.7 Å². The first-order chi connectivity index (χ1) is 12.8. The molecule has 1 aromatic carbocycles. The van der Waals surface area contributed by atoms with E-state index in [2.05, 4.69) is 4.99 Å². The molecule has 0 N–H and O–H groups in total. The van der Waals surface area contributed by atoms with E-state index in [4.69, 9.17) is 14.2 Å². The van der Waals surface area contributed by atoms with Crippen LogP contribution in [0.4, 0.5) is 5.69 Å². The average molecular weight is 389 g/mol. The van der Waals surface area contributed by atoms with E-state index in [0.717, 1.165) is 11.3 Å². The molecule has 1 heterocycles. The van der Waals surface area contributed by atoms with Crippen molar-refractivity contribution >= 4 is 34.7 Å². The SMILES string of the molecule is COC(=O)c1sc(=Nc2ccc(OC)cc2)c(C(C)=O)c(C)c1C(=O)OC. The zero-order chi connectivity index (χ0) is 20.1. The largest absolute Gasteiger partial charge is 0.497 e. The minimum absolute atomic E-state index is 0.00762. The van der Waals surface area contributed by atoms with E-state index < -0.39 is 11.9 Å². The monoisotopic (exact) mass is 389 g/mol. The van der Waals surface area contributed by atoms with Crippen LogP contribution in [0.2, 0.25) is 0 Å². The van der Waals surface area contributed by atoms with Gasteiger partial charge in [0.05, 0.1) is 38.1 Å². The number of Topliss-reactive ketones (excluding diaryl/α,β-unsaturated/α-hetero) is 1. The van der Waals surface area contributed by atoms with Crippen LogP contribution in [0.15, 0.2) is 29.3 Å². The summed E-state index contributed by atoms with van der Waals surface area (Å²) in [5, 5.41) is 0. The average Bonchev–Trinajstić information content (AvgIpc) is 2.66. The number of esters is 2. The molecule has 0 spiro atoms. The maximum Gasteiger partial charge on any atom is 0.349 e. The third-order valence-electron chi connectivity index (χ3n) is 3.81. The number of rotatable bonds is 5. The molecule has 27 heavy (non-hydrogen) atoms.